The monoisotopic (exact) mass is 293 g/mol. The van der Waals surface area contributed by atoms with Crippen molar-refractivity contribution in [3.8, 4) is 0 Å². The molecule has 1 amide bonds. The maximum atomic E-state index is 12.1. The van der Waals surface area contributed by atoms with E-state index in [-0.39, 0.29) is 22.4 Å². The minimum absolute atomic E-state index is 0.122. The summed E-state index contributed by atoms with van der Waals surface area (Å²) in [6.07, 6.45) is 1.97. The summed E-state index contributed by atoms with van der Waals surface area (Å²) < 4.78 is 0. The quantitative estimate of drug-likeness (QED) is 0.852. The molecule has 0 atom stereocenters. The zero-order chi connectivity index (χ0) is 13.8. The van der Waals surface area contributed by atoms with Crippen LogP contribution in [-0.4, -0.2) is 17.1 Å². The van der Waals surface area contributed by atoms with Gasteiger partial charge in [-0.05, 0) is 36.6 Å². The van der Waals surface area contributed by atoms with Crippen LogP contribution in [-0.2, 0) is 0 Å². The summed E-state index contributed by atoms with van der Waals surface area (Å²) in [6.45, 7) is 0. The second-order valence-electron chi connectivity index (χ2n) is 3.75. The molecule has 98 valence electrons. The number of hydrogen-bond donors (Lipinski definition) is 2. The van der Waals surface area contributed by atoms with Crippen LogP contribution in [0.3, 0.4) is 0 Å². The van der Waals surface area contributed by atoms with Crippen LogP contribution >= 0.6 is 23.4 Å². The molecule has 0 radical (unpaired) electrons. The van der Waals surface area contributed by atoms with Crippen molar-refractivity contribution < 1.29 is 4.79 Å². The highest BCUT2D eigenvalue weighted by Crippen LogP contribution is 2.21. The van der Waals surface area contributed by atoms with Crippen molar-refractivity contribution in [2.75, 3.05) is 17.3 Å². The van der Waals surface area contributed by atoms with E-state index in [1.807, 2.05) is 24.5 Å². The zero-order valence-corrected chi connectivity index (χ0v) is 11.8. The number of thioether (sulfide) groups is 1. The second kappa shape index (κ2) is 5.95. The highest BCUT2D eigenvalue weighted by molar-refractivity contribution is 7.98. The van der Waals surface area contributed by atoms with E-state index in [0.717, 1.165) is 4.90 Å². The molecular formula is C13H12ClN3OS. The average Bonchev–Trinajstić information content (AvgIpc) is 2.41. The number of rotatable bonds is 3. The summed E-state index contributed by atoms with van der Waals surface area (Å²) in [4.78, 5) is 17.1. The Kier molecular flexibility index (Phi) is 4.29. The molecule has 3 N–H and O–H groups in total. The first kappa shape index (κ1) is 13.7. The number of pyridine rings is 1. The lowest BCUT2D eigenvalue weighted by atomic mass is 10.3. The number of anilines is 2. The molecule has 0 aliphatic rings. The maximum Gasteiger partial charge on any atom is 0.275 e. The van der Waals surface area contributed by atoms with Gasteiger partial charge < -0.3 is 11.1 Å². The Hall–Kier alpha value is -1.72. The number of nitrogens with one attached hydrogen (secondary N) is 1. The van der Waals surface area contributed by atoms with E-state index in [9.17, 15) is 4.79 Å². The molecule has 1 heterocycles. The molecule has 0 saturated heterocycles. The van der Waals surface area contributed by atoms with Gasteiger partial charge in [0, 0.05) is 10.6 Å². The van der Waals surface area contributed by atoms with Gasteiger partial charge in [-0.2, -0.15) is 0 Å². The predicted octanol–water partition coefficient (Wildman–Crippen LogP) is 3.29. The first-order valence-corrected chi connectivity index (χ1v) is 7.08. The molecule has 0 spiro atoms. The Bertz CT molecular complexity index is 619. The third-order valence-electron chi connectivity index (χ3n) is 2.41. The molecule has 2 rings (SSSR count). The van der Waals surface area contributed by atoms with Gasteiger partial charge in [0.1, 0.15) is 11.5 Å². The molecule has 1 aromatic carbocycles. The lowest BCUT2D eigenvalue weighted by molar-refractivity contribution is 0.102. The van der Waals surface area contributed by atoms with E-state index in [4.69, 9.17) is 17.3 Å². The van der Waals surface area contributed by atoms with Crippen LogP contribution in [0.4, 0.5) is 11.5 Å². The van der Waals surface area contributed by atoms with Crippen LogP contribution in [0, 0.1) is 0 Å². The van der Waals surface area contributed by atoms with Crippen molar-refractivity contribution in [3.05, 3.63) is 47.1 Å². The molecule has 0 saturated carbocycles. The molecule has 19 heavy (non-hydrogen) atoms. The lowest BCUT2D eigenvalue weighted by Gasteiger charge is -2.07. The van der Waals surface area contributed by atoms with Crippen LogP contribution in [0.5, 0.6) is 0 Å². The van der Waals surface area contributed by atoms with Crippen LogP contribution in [0.1, 0.15) is 10.5 Å². The van der Waals surface area contributed by atoms with Crippen molar-refractivity contribution in [3.63, 3.8) is 0 Å². The Morgan fingerprint density at radius 3 is 2.89 bits per heavy atom. The van der Waals surface area contributed by atoms with E-state index in [2.05, 4.69) is 10.3 Å². The minimum Gasteiger partial charge on any atom is -0.384 e. The van der Waals surface area contributed by atoms with Crippen molar-refractivity contribution in [2.45, 2.75) is 4.90 Å². The molecule has 0 bridgehead atoms. The Morgan fingerprint density at radius 1 is 1.37 bits per heavy atom. The van der Waals surface area contributed by atoms with E-state index >= 15 is 0 Å². The molecule has 0 aliphatic carbocycles. The molecule has 0 unspecified atom stereocenters. The summed E-state index contributed by atoms with van der Waals surface area (Å²) in [5.74, 6) is -0.122. The van der Waals surface area contributed by atoms with Gasteiger partial charge in [-0.1, -0.05) is 17.7 Å². The summed E-state index contributed by atoms with van der Waals surface area (Å²) in [7, 11) is 0. The van der Waals surface area contributed by atoms with Crippen molar-refractivity contribution in [1.29, 1.82) is 0 Å². The number of nitrogens with zero attached hydrogens (tertiary/aromatic N) is 1. The fourth-order valence-electron chi connectivity index (χ4n) is 1.51. The fourth-order valence-corrected chi connectivity index (χ4v) is 2.16. The fraction of sp³-hybridized carbons (Fsp3) is 0.0769. The summed E-state index contributed by atoms with van der Waals surface area (Å²) in [5.41, 5.74) is 6.36. The summed E-state index contributed by atoms with van der Waals surface area (Å²) in [6, 6.07) is 10.6. The van der Waals surface area contributed by atoms with Gasteiger partial charge in [0.05, 0.1) is 5.02 Å². The van der Waals surface area contributed by atoms with Gasteiger partial charge in [-0.15, -0.1) is 11.8 Å². The molecular weight excluding hydrogens is 282 g/mol. The second-order valence-corrected chi connectivity index (χ2v) is 5.04. The molecule has 1 aromatic heterocycles. The van der Waals surface area contributed by atoms with Crippen LogP contribution in [0.25, 0.3) is 0 Å². The van der Waals surface area contributed by atoms with Gasteiger partial charge in [0.15, 0.2) is 0 Å². The van der Waals surface area contributed by atoms with Crippen LogP contribution in [0.15, 0.2) is 41.3 Å². The van der Waals surface area contributed by atoms with E-state index in [1.165, 1.54) is 0 Å². The first-order chi connectivity index (χ1) is 9.10. The minimum atomic E-state index is -0.379. The number of nitrogen functional groups attached to an aromatic ring is 1. The molecule has 0 aliphatic heterocycles. The van der Waals surface area contributed by atoms with Crippen molar-refractivity contribution >= 4 is 40.8 Å². The molecule has 2 aromatic rings. The summed E-state index contributed by atoms with van der Waals surface area (Å²) >= 11 is 7.53. The molecule has 0 fully saturated rings. The Labute approximate surface area is 120 Å². The average molecular weight is 294 g/mol. The normalized spacial score (nSPS) is 10.2. The first-order valence-electron chi connectivity index (χ1n) is 5.47. The number of carbonyl (C=O) groups excluding carboxylic acids is 1. The Balaban J connectivity index is 2.23. The van der Waals surface area contributed by atoms with Gasteiger partial charge in [0.25, 0.3) is 5.91 Å². The van der Waals surface area contributed by atoms with Gasteiger partial charge in [-0.3, -0.25) is 4.79 Å². The van der Waals surface area contributed by atoms with Gasteiger partial charge in [0.2, 0.25) is 0 Å². The van der Waals surface area contributed by atoms with Crippen molar-refractivity contribution in [2.24, 2.45) is 0 Å². The number of halogens is 1. The number of nitrogens with two attached hydrogens (primary N) is 1. The molecule has 6 heteroatoms. The standard InChI is InChI=1S/C13H12ClN3OS/c1-19-9-4-2-3-8(7-9)16-13(18)12-10(14)5-6-11(15)17-12/h2-7H,1H3,(H2,15,17)(H,16,18). The van der Waals surface area contributed by atoms with Gasteiger partial charge >= 0.3 is 0 Å². The van der Waals surface area contributed by atoms with Crippen LogP contribution < -0.4 is 11.1 Å². The van der Waals surface area contributed by atoms with Crippen molar-refractivity contribution in [1.82, 2.24) is 4.98 Å². The Morgan fingerprint density at radius 2 is 2.16 bits per heavy atom. The zero-order valence-electron chi connectivity index (χ0n) is 10.2. The van der Waals surface area contributed by atoms with E-state index in [1.54, 1.807) is 30.0 Å². The number of benzene rings is 1. The number of aromatic nitrogens is 1. The van der Waals surface area contributed by atoms with E-state index < -0.39 is 0 Å². The van der Waals surface area contributed by atoms with Crippen LogP contribution in [0.2, 0.25) is 5.02 Å². The molecule has 4 nitrogen and oxygen atoms in total. The number of amides is 1. The highest BCUT2D eigenvalue weighted by Gasteiger charge is 2.13. The van der Waals surface area contributed by atoms with E-state index in [0.29, 0.717) is 5.69 Å². The maximum absolute atomic E-state index is 12.1. The SMILES string of the molecule is CSc1cccc(NC(=O)c2nc(N)ccc2Cl)c1. The largest absolute Gasteiger partial charge is 0.384 e. The summed E-state index contributed by atoms with van der Waals surface area (Å²) in [5, 5.41) is 3.02. The number of hydrogen-bond acceptors (Lipinski definition) is 4. The predicted molar refractivity (Wildman–Crippen MR) is 79.8 cm³/mol. The third-order valence-corrected chi connectivity index (χ3v) is 3.44. The topological polar surface area (TPSA) is 68.0 Å². The highest BCUT2D eigenvalue weighted by atomic mass is 35.5. The third kappa shape index (κ3) is 3.39. The van der Waals surface area contributed by atoms with Gasteiger partial charge in [-0.25, -0.2) is 4.98 Å². The lowest BCUT2D eigenvalue weighted by Crippen LogP contribution is -2.15. The number of carbonyl (C=O) groups is 1. The smallest absolute Gasteiger partial charge is 0.275 e.